The fourth-order valence-electron chi connectivity index (χ4n) is 2.59. The molecule has 2 aromatic rings. The van der Waals surface area contributed by atoms with E-state index in [-0.39, 0.29) is 11.8 Å². The van der Waals surface area contributed by atoms with Crippen LogP contribution in [-0.4, -0.2) is 41.4 Å². The Morgan fingerprint density at radius 3 is 2.96 bits per heavy atom. The van der Waals surface area contributed by atoms with Crippen molar-refractivity contribution in [1.82, 2.24) is 15.3 Å². The zero-order chi connectivity index (χ0) is 16.5. The number of pyridine rings is 1. The zero-order valence-corrected chi connectivity index (χ0v) is 13.8. The molecule has 1 aliphatic carbocycles. The fraction of sp³-hybridized carbons (Fsp3) is 0.375. The number of amides is 2. The summed E-state index contributed by atoms with van der Waals surface area (Å²) in [4.78, 5) is 34.3. The summed E-state index contributed by atoms with van der Waals surface area (Å²) >= 11 is 1.55. The van der Waals surface area contributed by atoms with E-state index in [1.165, 1.54) is 12.8 Å². The molecule has 2 N–H and O–H groups in total. The van der Waals surface area contributed by atoms with Gasteiger partial charge in [0.15, 0.2) is 0 Å². The highest BCUT2D eigenvalue weighted by molar-refractivity contribution is 7.10. The third-order valence-electron chi connectivity index (χ3n) is 4.05. The summed E-state index contributed by atoms with van der Waals surface area (Å²) in [6, 6.07) is 3.60. The highest BCUT2D eigenvalue weighted by Crippen LogP contribution is 2.41. The molecule has 7 nitrogen and oxygen atoms in total. The molecule has 1 aliphatic heterocycles. The van der Waals surface area contributed by atoms with Gasteiger partial charge in [0.05, 0.1) is 23.4 Å². The van der Waals surface area contributed by atoms with Gasteiger partial charge in [-0.1, -0.05) is 0 Å². The third kappa shape index (κ3) is 3.23. The van der Waals surface area contributed by atoms with Gasteiger partial charge in [0.1, 0.15) is 11.5 Å². The van der Waals surface area contributed by atoms with E-state index in [1.54, 1.807) is 29.0 Å². The maximum Gasteiger partial charge on any atom is 0.275 e. The second kappa shape index (κ2) is 6.20. The van der Waals surface area contributed by atoms with Crippen molar-refractivity contribution in [1.29, 1.82) is 0 Å². The SMILES string of the molecule is O=C1CN(c2ccc(NC(=O)c3csc(C4CC4)n3)cn2)CCN1. The first-order valence-electron chi connectivity index (χ1n) is 7.93. The van der Waals surface area contributed by atoms with Gasteiger partial charge >= 0.3 is 0 Å². The van der Waals surface area contributed by atoms with Crippen molar-refractivity contribution in [2.75, 3.05) is 29.9 Å². The Balaban J connectivity index is 1.40. The van der Waals surface area contributed by atoms with Crippen LogP contribution in [0.3, 0.4) is 0 Å². The molecule has 8 heteroatoms. The smallest absolute Gasteiger partial charge is 0.275 e. The van der Waals surface area contributed by atoms with Gasteiger partial charge in [0.2, 0.25) is 5.91 Å². The molecule has 124 valence electrons. The lowest BCUT2D eigenvalue weighted by Gasteiger charge is -2.27. The quantitative estimate of drug-likeness (QED) is 0.880. The molecule has 1 saturated carbocycles. The number of hydrogen-bond acceptors (Lipinski definition) is 6. The van der Waals surface area contributed by atoms with Crippen LogP contribution in [0.5, 0.6) is 0 Å². The lowest BCUT2D eigenvalue weighted by Crippen LogP contribution is -2.48. The number of hydrogen-bond donors (Lipinski definition) is 2. The lowest BCUT2D eigenvalue weighted by atomic mass is 10.3. The van der Waals surface area contributed by atoms with E-state index in [2.05, 4.69) is 20.6 Å². The first-order chi connectivity index (χ1) is 11.7. The first kappa shape index (κ1) is 15.1. The number of carbonyl (C=O) groups is 2. The highest BCUT2D eigenvalue weighted by atomic mass is 32.1. The van der Waals surface area contributed by atoms with Crippen LogP contribution in [0.1, 0.15) is 34.3 Å². The maximum atomic E-state index is 12.2. The molecule has 0 unspecified atom stereocenters. The minimum atomic E-state index is -0.218. The molecule has 0 radical (unpaired) electrons. The van der Waals surface area contributed by atoms with Crippen molar-refractivity contribution >= 4 is 34.7 Å². The summed E-state index contributed by atoms with van der Waals surface area (Å²) in [6.45, 7) is 1.65. The summed E-state index contributed by atoms with van der Waals surface area (Å²) in [5, 5.41) is 8.45. The molecule has 0 aromatic carbocycles. The number of rotatable bonds is 4. The number of piperazine rings is 1. The summed E-state index contributed by atoms with van der Waals surface area (Å²) in [6.07, 6.45) is 3.96. The first-order valence-corrected chi connectivity index (χ1v) is 8.81. The molecule has 1 saturated heterocycles. The van der Waals surface area contributed by atoms with Crippen LogP contribution in [0.25, 0.3) is 0 Å². The number of nitrogens with one attached hydrogen (secondary N) is 2. The molecule has 2 aliphatic rings. The lowest BCUT2D eigenvalue weighted by molar-refractivity contribution is -0.120. The standard InChI is InChI=1S/C16H17N5O2S/c22-14-8-21(6-5-17-14)13-4-3-11(7-18-13)19-15(23)12-9-24-16(20-12)10-1-2-10/h3-4,7,9-10H,1-2,5-6,8H2,(H,17,22)(H,19,23). The van der Waals surface area contributed by atoms with E-state index < -0.39 is 0 Å². The molecule has 0 spiro atoms. The molecule has 4 rings (SSSR count). The summed E-state index contributed by atoms with van der Waals surface area (Å²) in [5.41, 5.74) is 1.07. The highest BCUT2D eigenvalue weighted by Gasteiger charge is 2.27. The largest absolute Gasteiger partial charge is 0.353 e. The van der Waals surface area contributed by atoms with Crippen LogP contribution in [0.15, 0.2) is 23.7 Å². The van der Waals surface area contributed by atoms with Crippen LogP contribution in [0, 0.1) is 0 Å². The van der Waals surface area contributed by atoms with Gasteiger partial charge < -0.3 is 15.5 Å². The van der Waals surface area contributed by atoms with Crippen LogP contribution in [-0.2, 0) is 4.79 Å². The predicted octanol–water partition coefficient (Wildman–Crippen LogP) is 1.60. The molecule has 0 atom stereocenters. The van der Waals surface area contributed by atoms with Crippen LogP contribution in [0.4, 0.5) is 11.5 Å². The Morgan fingerprint density at radius 1 is 1.38 bits per heavy atom. The monoisotopic (exact) mass is 343 g/mol. The average molecular weight is 343 g/mol. The van der Waals surface area contributed by atoms with Gasteiger partial charge in [0.25, 0.3) is 5.91 Å². The topological polar surface area (TPSA) is 87.2 Å². The number of anilines is 2. The van der Waals surface area contributed by atoms with E-state index in [9.17, 15) is 9.59 Å². The van der Waals surface area contributed by atoms with Gasteiger partial charge in [0, 0.05) is 24.4 Å². The van der Waals surface area contributed by atoms with Crippen LogP contribution >= 0.6 is 11.3 Å². The fourth-order valence-corrected chi connectivity index (χ4v) is 3.56. The second-order valence-corrected chi connectivity index (χ2v) is 6.87. The Morgan fingerprint density at radius 2 is 2.25 bits per heavy atom. The Kier molecular flexibility index (Phi) is 3.89. The van der Waals surface area contributed by atoms with Gasteiger partial charge in [-0.3, -0.25) is 9.59 Å². The summed E-state index contributed by atoms with van der Waals surface area (Å²) < 4.78 is 0. The molecule has 2 amide bonds. The normalized spacial score (nSPS) is 17.5. The third-order valence-corrected chi connectivity index (χ3v) is 5.06. The van der Waals surface area contributed by atoms with Gasteiger partial charge in [-0.05, 0) is 25.0 Å². The minimum Gasteiger partial charge on any atom is -0.353 e. The summed E-state index contributed by atoms with van der Waals surface area (Å²) in [5.74, 6) is 1.06. The Labute approximate surface area is 143 Å². The van der Waals surface area contributed by atoms with E-state index in [1.807, 2.05) is 11.0 Å². The molecule has 2 aromatic heterocycles. The Bertz CT molecular complexity index is 769. The van der Waals surface area contributed by atoms with E-state index in [0.717, 1.165) is 17.4 Å². The van der Waals surface area contributed by atoms with E-state index >= 15 is 0 Å². The number of thiazole rings is 1. The Hall–Kier alpha value is -2.48. The van der Waals surface area contributed by atoms with Crippen LogP contribution in [0.2, 0.25) is 0 Å². The predicted molar refractivity (Wildman–Crippen MR) is 91.5 cm³/mol. The van der Waals surface area contributed by atoms with Crippen LogP contribution < -0.4 is 15.5 Å². The van der Waals surface area contributed by atoms with Crippen molar-refractivity contribution in [3.05, 3.63) is 34.4 Å². The van der Waals surface area contributed by atoms with Gasteiger partial charge in [-0.25, -0.2) is 9.97 Å². The molecule has 2 fully saturated rings. The van der Waals surface area contributed by atoms with Gasteiger partial charge in [-0.2, -0.15) is 0 Å². The molecule has 3 heterocycles. The van der Waals surface area contributed by atoms with Crippen molar-refractivity contribution in [2.24, 2.45) is 0 Å². The number of carbonyl (C=O) groups excluding carboxylic acids is 2. The van der Waals surface area contributed by atoms with Crippen molar-refractivity contribution in [3.8, 4) is 0 Å². The number of nitrogens with zero attached hydrogens (tertiary/aromatic N) is 3. The molecule has 0 bridgehead atoms. The zero-order valence-electron chi connectivity index (χ0n) is 13.0. The molecular weight excluding hydrogens is 326 g/mol. The maximum absolute atomic E-state index is 12.2. The van der Waals surface area contributed by atoms with Crippen molar-refractivity contribution < 1.29 is 9.59 Å². The average Bonchev–Trinajstić information content (AvgIpc) is 3.32. The number of aromatic nitrogens is 2. The van der Waals surface area contributed by atoms with E-state index in [0.29, 0.717) is 30.4 Å². The van der Waals surface area contributed by atoms with Gasteiger partial charge in [-0.15, -0.1) is 11.3 Å². The van der Waals surface area contributed by atoms with Crippen molar-refractivity contribution in [3.63, 3.8) is 0 Å². The molecular formula is C16H17N5O2S. The molecule has 24 heavy (non-hydrogen) atoms. The minimum absolute atomic E-state index is 0.00423. The summed E-state index contributed by atoms with van der Waals surface area (Å²) in [7, 11) is 0. The second-order valence-electron chi connectivity index (χ2n) is 5.98. The van der Waals surface area contributed by atoms with Crippen molar-refractivity contribution in [2.45, 2.75) is 18.8 Å². The van der Waals surface area contributed by atoms with E-state index in [4.69, 9.17) is 0 Å².